The van der Waals surface area contributed by atoms with E-state index < -0.39 is 0 Å². The molecule has 3 heterocycles. The van der Waals surface area contributed by atoms with E-state index in [0.29, 0.717) is 5.88 Å². The molecule has 94 valence electrons. The number of nitrogens with zero attached hydrogens (tertiary/aromatic N) is 4. The molecule has 0 spiro atoms. The number of aryl methyl sites for hydroxylation is 1. The molecule has 0 aromatic carbocycles. The third-order valence-electron chi connectivity index (χ3n) is 2.95. The van der Waals surface area contributed by atoms with Crippen LogP contribution in [0.4, 0.5) is 0 Å². The Bertz CT molecular complexity index is 533. The van der Waals surface area contributed by atoms with Crippen molar-refractivity contribution in [3.8, 4) is 17.1 Å². The molecule has 2 aromatic heterocycles. The number of aromatic nitrogens is 4. The lowest BCUT2D eigenvalue weighted by molar-refractivity contribution is 0.214. The van der Waals surface area contributed by atoms with Gasteiger partial charge in [-0.05, 0) is 13.0 Å². The van der Waals surface area contributed by atoms with Crippen molar-refractivity contribution in [3.05, 3.63) is 24.8 Å². The lowest BCUT2D eigenvalue weighted by Gasteiger charge is -2.11. The molecule has 0 radical (unpaired) electrons. The molecule has 0 aliphatic carbocycles. The molecule has 0 bridgehead atoms. The molecule has 6 nitrogen and oxygen atoms in total. The molecular weight excluding hydrogens is 230 g/mol. The predicted molar refractivity (Wildman–Crippen MR) is 66.1 cm³/mol. The monoisotopic (exact) mass is 245 g/mol. The fourth-order valence-electron chi connectivity index (χ4n) is 2.01. The minimum atomic E-state index is 0.210. The van der Waals surface area contributed by atoms with Crippen LogP contribution in [0, 0.1) is 0 Å². The molecule has 1 aliphatic heterocycles. The Balaban J connectivity index is 1.80. The molecule has 1 unspecified atom stereocenters. The number of hydrogen-bond donors (Lipinski definition) is 1. The quantitative estimate of drug-likeness (QED) is 0.858. The molecule has 1 N–H and O–H groups in total. The van der Waals surface area contributed by atoms with E-state index >= 15 is 0 Å². The van der Waals surface area contributed by atoms with E-state index in [4.69, 9.17) is 4.74 Å². The SMILES string of the molecule is Cn1cc(-c2cc(OC3CCNC3)ncn2)cn1. The molecular formula is C12H15N5O. The Kier molecular flexibility index (Phi) is 2.93. The summed E-state index contributed by atoms with van der Waals surface area (Å²) in [6, 6.07) is 1.86. The summed E-state index contributed by atoms with van der Waals surface area (Å²) in [5, 5.41) is 7.39. The van der Waals surface area contributed by atoms with Gasteiger partial charge in [-0.3, -0.25) is 4.68 Å². The highest BCUT2D eigenvalue weighted by atomic mass is 16.5. The van der Waals surface area contributed by atoms with E-state index in [2.05, 4.69) is 20.4 Å². The Hall–Kier alpha value is -1.95. The molecule has 1 aliphatic rings. The molecule has 3 rings (SSSR count). The van der Waals surface area contributed by atoms with Gasteiger partial charge in [0, 0.05) is 31.4 Å². The van der Waals surface area contributed by atoms with Gasteiger partial charge in [0.1, 0.15) is 12.4 Å². The fourth-order valence-corrected chi connectivity index (χ4v) is 2.01. The van der Waals surface area contributed by atoms with Crippen molar-refractivity contribution in [3.63, 3.8) is 0 Å². The van der Waals surface area contributed by atoms with Gasteiger partial charge in [-0.25, -0.2) is 9.97 Å². The third-order valence-corrected chi connectivity index (χ3v) is 2.95. The van der Waals surface area contributed by atoms with Gasteiger partial charge in [0.05, 0.1) is 11.9 Å². The Morgan fingerprint density at radius 3 is 3.11 bits per heavy atom. The van der Waals surface area contributed by atoms with Crippen LogP contribution in [0.5, 0.6) is 5.88 Å². The molecule has 2 aromatic rings. The van der Waals surface area contributed by atoms with E-state index in [9.17, 15) is 0 Å². The fraction of sp³-hybridized carbons (Fsp3) is 0.417. The first kappa shape index (κ1) is 11.2. The van der Waals surface area contributed by atoms with E-state index in [-0.39, 0.29) is 6.10 Å². The van der Waals surface area contributed by atoms with Gasteiger partial charge in [-0.2, -0.15) is 5.10 Å². The van der Waals surface area contributed by atoms with Crippen LogP contribution in [-0.4, -0.2) is 38.9 Å². The second-order valence-electron chi connectivity index (χ2n) is 4.38. The summed E-state index contributed by atoms with van der Waals surface area (Å²) < 4.78 is 7.55. The van der Waals surface area contributed by atoms with Crippen molar-refractivity contribution in [2.45, 2.75) is 12.5 Å². The topological polar surface area (TPSA) is 64.9 Å². The van der Waals surface area contributed by atoms with E-state index in [1.54, 1.807) is 10.9 Å². The van der Waals surface area contributed by atoms with Crippen LogP contribution in [-0.2, 0) is 7.05 Å². The third kappa shape index (κ3) is 2.33. The standard InChI is InChI=1S/C12H15N5O/c1-17-7-9(5-16-17)11-4-12(15-8-14-11)18-10-2-3-13-6-10/h4-5,7-8,10,13H,2-3,6H2,1H3. The van der Waals surface area contributed by atoms with Gasteiger partial charge < -0.3 is 10.1 Å². The van der Waals surface area contributed by atoms with Gasteiger partial charge in [0.15, 0.2) is 0 Å². The first-order chi connectivity index (χ1) is 8.81. The van der Waals surface area contributed by atoms with Gasteiger partial charge in [-0.1, -0.05) is 0 Å². The summed E-state index contributed by atoms with van der Waals surface area (Å²) in [7, 11) is 1.88. The number of nitrogens with one attached hydrogen (secondary N) is 1. The summed E-state index contributed by atoms with van der Waals surface area (Å²) in [6.45, 7) is 1.89. The van der Waals surface area contributed by atoms with Crippen molar-refractivity contribution < 1.29 is 4.74 Å². The molecule has 1 saturated heterocycles. The summed E-state index contributed by atoms with van der Waals surface area (Å²) in [6.07, 6.45) is 6.46. The van der Waals surface area contributed by atoms with Crippen molar-refractivity contribution in [1.29, 1.82) is 0 Å². The maximum Gasteiger partial charge on any atom is 0.217 e. The van der Waals surface area contributed by atoms with Gasteiger partial charge in [-0.15, -0.1) is 0 Å². The first-order valence-corrected chi connectivity index (χ1v) is 6.00. The second-order valence-corrected chi connectivity index (χ2v) is 4.38. The zero-order chi connectivity index (χ0) is 12.4. The minimum Gasteiger partial charge on any atom is -0.473 e. The number of rotatable bonds is 3. The number of ether oxygens (including phenoxy) is 1. The molecule has 6 heteroatoms. The smallest absolute Gasteiger partial charge is 0.217 e. The van der Waals surface area contributed by atoms with Gasteiger partial charge in [0.25, 0.3) is 0 Å². The van der Waals surface area contributed by atoms with E-state index in [1.807, 2.05) is 19.3 Å². The summed E-state index contributed by atoms with van der Waals surface area (Å²) >= 11 is 0. The zero-order valence-corrected chi connectivity index (χ0v) is 10.2. The van der Waals surface area contributed by atoms with Crippen LogP contribution in [0.25, 0.3) is 11.3 Å². The van der Waals surface area contributed by atoms with Crippen molar-refractivity contribution in [2.75, 3.05) is 13.1 Å². The molecule has 0 amide bonds. The Morgan fingerprint density at radius 1 is 1.44 bits per heavy atom. The first-order valence-electron chi connectivity index (χ1n) is 6.00. The largest absolute Gasteiger partial charge is 0.473 e. The van der Waals surface area contributed by atoms with E-state index in [1.165, 1.54) is 6.33 Å². The normalized spacial score (nSPS) is 19.1. The minimum absolute atomic E-state index is 0.210. The molecule has 1 fully saturated rings. The average Bonchev–Trinajstić information content (AvgIpc) is 3.01. The maximum absolute atomic E-state index is 5.80. The maximum atomic E-state index is 5.80. The predicted octanol–water partition coefficient (Wildman–Crippen LogP) is 0.618. The summed E-state index contributed by atoms with van der Waals surface area (Å²) in [5.41, 5.74) is 1.80. The second kappa shape index (κ2) is 4.73. The van der Waals surface area contributed by atoms with Gasteiger partial charge >= 0.3 is 0 Å². The lowest BCUT2D eigenvalue weighted by Crippen LogP contribution is -2.20. The van der Waals surface area contributed by atoms with Crippen molar-refractivity contribution >= 4 is 0 Å². The molecule has 0 saturated carbocycles. The molecule has 1 atom stereocenters. The lowest BCUT2D eigenvalue weighted by atomic mass is 10.2. The summed E-state index contributed by atoms with van der Waals surface area (Å²) in [5.74, 6) is 0.623. The van der Waals surface area contributed by atoms with Crippen LogP contribution in [0.1, 0.15) is 6.42 Å². The summed E-state index contributed by atoms with van der Waals surface area (Å²) in [4.78, 5) is 8.38. The highest BCUT2D eigenvalue weighted by Gasteiger charge is 2.16. The van der Waals surface area contributed by atoms with Crippen LogP contribution in [0.3, 0.4) is 0 Å². The van der Waals surface area contributed by atoms with Crippen molar-refractivity contribution in [2.24, 2.45) is 7.05 Å². The Morgan fingerprint density at radius 2 is 2.39 bits per heavy atom. The van der Waals surface area contributed by atoms with Crippen LogP contribution < -0.4 is 10.1 Å². The average molecular weight is 245 g/mol. The van der Waals surface area contributed by atoms with Crippen LogP contribution in [0.15, 0.2) is 24.8 Å². The number of hydrogen-bond acceptors (Lipinski definition) is 5. The Labute approximate surface area is 105 Å². The van der Waals surface area contributed by atoms with Crippen LogP contribution in [0.2, 0.25) is 0 Å². The highest BCUT2D eigenvalue weighted by molar-refractivity contribution is 5.57. The molecule has 18 heavy (non-hydrogen) atoms. The highest BCUT2D eigenvalue weighted by Crippen LogP contribution is 2.20. The zero-order valence-electron chi connectivity index (χ0n) is 10.2. The van der Waals surface area contributed by atoms with Crippen molar-refractivity contribution in [1.82, 2.24) is 25.1 Å². The van der Waals surface area contributed by atoms with Gasteiger partial charge in [0.2, 0.25) is 5.88 Å². The van der Waals surface area contributed by atoms with E-state index in [0.717, 1.165) is 30.8 Å². The van der Waals surface area contributed by atoms with Crippen LogP contribution >= 0.6 is 0 Å².